The summed E-state index contributed by atoms with van der Waals surface area (Å²) in [6.07, 6.45) is 37.8. The third kappa shape index (κ3) is 56.9. The third-order valence-corrected chi connectivity index (χ3v) is 15.6. The van der Waals surface area contributed by atoms with Crippen LogP contribution in [0.25, 0.3) is 0 Å². The molecule has 3 aromatic carbocycles. The number of fused-ring (bicyclic) bond motifs is 5. The Balaban J connectivity index is -0.000000271. The molecule has 2 bridgehead atoms. The van der Waals surface area contributed by atoms with Crippen molar-refractivity contribution in [3.63, 3.8) is 0 Å². The van der Waals surface area contributed by atoms with E-state index in [9.17, 15) is 4.79 Å². The van der Waals surface area contributed by atoms with Crippen LogP contribution < -0.4 is 4.74 Å². The summed E-state index contributed by atoms with van der Waals surface area (Å²) in [7, 11) is 0. The van der Waals surface area contributed by atoms with Crippen molar-refractivity contribution < 1.29 is 18.7 Å². The number of benzene rings is 3. The summed E-state index contributed by atoms with van der Waals surface area (Å²) in [6.45, 7) is 75.1. The molecule has 5 unspecified atom stereocenters. The summed E-state index contributed by atoms with van der Waals surface area (Å²) >= 11 is 0. The normalized spacial score (nSPS) is 17.3. The van der Waals surface area contributed by atoms with Gasteiger partial charge < -0.3 is 13.9 Å². The van der Waals surface area contributed by atoms with Crippen LogP contribution in [0.1, 0.15) is 368 Å². The predicted molar refractivity (Wildman–Crippen MR) is 485 cm³/mol. The smallest absolute Gasteiger partial charge is 0.176 e. The van der Waals surface area contributed by atoms with Crippen LogP contribution in [-0.4, -0.2) is 45.0 Å². The molecule has 0 amide bonds. The minimum absolute atomic E-state index is 0.0977. The summed E-state index contributed by atoms with van der Waals surface area (Å²) in [6, 6.07) is 26.4. The number of carbonyl (C=O) groups excluding carboxylic acids is 1. The van der Waals surface area contributed by atoms with E-state index in [-0.39, 0.29) is 6.10 Å². The Morgan fingerprint density at radius 1 is 0.486 bits per heavy atom. The van der Waals surface area contributed by atoms with Crippen LogP contribution in [0.3, 0.4) is 0 Å². The van der Waals surface area contributed by atoms with Gasteiger partial charge in [-0.2, -0.15) is 0 Å². The highest BCUT2D eigenvalue weighted by Crippen LogP contribution is 2.56. The highest BCUT2D eigenvalue weighted by atomic mass is 16.5. The molecule has 5 aromatic rings. The lowest BCUT2D eigenvalue weighted by molar-refractivity contribution is 0.111. The lowest BCUT2D eigenvalue weighted by Crippen LogP contribution is -2.13. The van der Waals surface area contributed by atoms with Crippen molar-refractivity contribution in [1.29, 1.82) is 0 Å². The number of carbonyl (C=O) groups is 1. The molecule has 109 heavy (non-hydrogen) atoms. The van der Waals surface area contributed by atoms with E-state index in [4.69, 9.17) is 9.47 Å². The fourth-order valence-electron chi connectivity index (χ4n) is 11.2. The van der Waals surface area contributed by atoms with E-state index < -0.39 is 0 Å². The molecule has 5 atom stereocenters. The number of allylic oxidation sites excluding steroid dienone is 6. The van der Waals surface area contributed by atoms with Gasteiger partial charge in [0.2, 0.25) is 0 Å². The van der Waals surface area contributed by atoms with Crippen molar-refractivity contribution in [2.24, 2.45) is 53.3 Å². The first-order valence-corrected chi connectivity index (χ1v) is 43.2. The number of furan rings is 1. The minimum atomic E-state index is 0.0977. The molecule has 618 valence electrons. The monoisotopic (exact) mass is 1500 g/mol. The van der Waals surface area contributed by atoms with Crippen LogP contribution in [0.4, 0.5) is 0 Å². The third-order valence-electron chi connectivity index (χ3n) is 15.6. The maximum absolute atomic E-state index is 10.7. The molecular formula is C101H170N4O4. The summed E-state index contributed by atoms with van der Waals surface area (Å²) in [5.74, 6) is 23.7. The van der Waals surface area contributed by atoms with Crippen molar-refractivity contribution in [2.45, 2.75) is 356 Å². The number of aryl methyl sites for hydroxylation is 2. The molecule has 2 aliphatic heterocycles. The number of aromatic nitrogens is 4. The van der Waals surface area contributed by atoms with Crippen LogP contribution in [0.2, 0.25) is 0 Å². The number of aldehydes is 1. The largest absolute Gasteiger partial charge is 0.490 e. The molecule has 0 saturated heterocycles. The number of rotatable bonds is 7. The van der Waals surface area contributed by atoms with Gasteiger partial charge in [-0.3, -0.25) is 4.79 Å². The minimum Gasteiger partial charge on any atom is -0.490 e. The standard InChI is InChI=1S/C19H18.C12H20.C11H14O2.C10H14O.C8H12.C6H10N4.C5H6.C4H4O.3C4H10.7C2H6/c1-14(2)19-13-17-9-4-3-7-15(17)11-12-16-8-5-6-10-18(16)19;1-9(2)12-10-7-5-3-4-6-8-11(10)12;1-8(2)13-11-6-4-5-9(3)10(11)7-12;1-6(2)10-7(3)8-4-5-9(10)11-8;1-2-4-6-8-7-5-3-1;1-4(2)6-9-7-5(3)8-10-6;2*1-2-4-5-3-1;3*1-4(2)3;7*1-2/h3-10,14,19H,13H2,1-2H3;3-4,9-12H,5-8H2,1-2H3;4-8H,1-3H3;4-6,8-9H,1-3H3;1-6H2;4H,1-3H3;1-4H,5H2;1-4H;3*4H,1-3H3;7*1-2H3/b;4-3-;;;;;;;;;;;;;;;;. The molecule has 4 heterocycles. The molecular weight excluding hydrogens is 1330 g/mol. The fourth-order valence-corrected chi connectivity index (χ4v) is 11.2. The van der Waals surface area contributed by atoms with Gasteiger partial charge in [0.15, 0.2) is 17.9 Å². The Bertz CT molecular complexity index is 3050. The van der Waals surface area contributed by atoms with E-state index in [1.54, 1.807) is 19.5 Å². The van der Waals surface area contributed by atoms with E-state index in [2.05, 4.69) is 256 Å². The lowest BCUT2D eigenvalue weighted by atomic mass is 9.79. The molecule has 0 N–H and O–H groups in total. The van der Waals surface area contributed by atoms with Crippen molar-refractivity contribution in [1.82, 2.24) is 20.4 Å². The van der Waals surface area contributed by atoms with Crippen molar-refractivity contribution in [3.05, 3.63) is 196 Å². The molecule has 0 spiro atoms. The molecule has 12 rings (SSSR count). The van der Waals surface area contributed by atoms with Crippen LogP contribution >= 0.6 is 0 Å². The second-order valence-corrected chi connectivity index (χ2v) is 29.1. The van der Waals surface area contributed by atoms with Gasteiger partial charge in [-0.25, -0.2) is 0 Å². The van der Waals surface area contributed by atoms with Gasteiger partial charge in [0.1, 0.15) is 5.75 Å². The van der Waals surface area contributed by atoms with Crippen LogP contribution in [0, 0.1) is 90.8 Å². The zero-order chi connectivity index (χ0) is 84.7. The van der Waals surface area contributed by atoms with Crippen LogP contribution in [-0.2, 0) is 11.2 Å². The van der Waals surface area contributed by atoms with E-state index in [1.165, 1.54) is 84.8 Å². The van der Waals surface area contributed by atoms with Crippen molar-refractivity contribution in [3.8, 4) is 29.4 Å². The molecule has 7 aliphatic rings. The van der Waals surface area contributed by atoms with E-state index in [1.807, 2.05) is 162 Å². The zero-order valence-corrected chi connectivity index (χ0v) is 77.3. The van der Waals surface area contributed by atoms with Gasteiger partial charge in [-0.1, -0.05) is 336 Å². The Labute approximate surface area is 676 Å². The van der Waals surface area contributed by atoms with Gasteiger partial charge in [-0.15, -0.1) is 32.2 Å². The molecule has 5 aliphatic carbocycles. The van der Waals surface area contributed by atoms with Crippen LogP contribution in [0.15, 0.2) is 156 Å². The maximum atomic E-state index is 10.7. The molecule has 0 radical (unpaired) electrons. The fraction of sp³-hybridized carbons (Fsp3) is 0.614. The quantitative estimate of drug-likeness (QED) is 0.0903. The van der Waals surface area contributed by atoms with Crippen molar-refractivity contribution >= 4 is 6.29 Å². The van der Waals surface area contributed by atoms with E-state index >= 15 is 0 Å². The molecule has 2 aromatic heterocycles. The van der Waals surface area contributed by atoms with E-state index in [0.717, 1.165) is 79.0 Å². The SMILES string of the molecule is C1#CCCCCCC1.C1=CCC=C1.CC.CC.CC.CC.CC.CC.CC.CC(C)C.CC(C)C.CC(C)C.CC(C)C1C2CC/C=C\CCC21.CC(C)C1Cc2ccccc2C#Cc2ccccc21.CC1=C(C(C)C)C2C=CC1O2.Cc1cccc(OC(C)C)c1C=O.Cc1nnc(C(C)C)nn1.c1ccoc1. The summed E-state index contributed by atoms with van der Waals surface area (Å²) in [5, 5.41) is 15.3. The summed E-state index contributed by atoms with van der Waals surface area (Å²) in [5.41, 5.74) is 9.69. The number of ether oxygens (including phenoxy) is 2. The topological polar surface area (TPSA) is 100 Å². The Hall–Kier alpha value is -6.87. The highest BCUT2D eigenvalue weighted by molar-refractivity contribution is 5.81. The lowest BCUT2D eigenvalue weighted by Gasteiger charge is -2.24. The van der Waals surface area contributed by atoms with E-state index in [0.29, 0.717) is 58.8 Å². The first-order valence-electron chi connectivity index (χ1n) is 43.2. The Kier molecular flexibility index (Phi) is 79.3. The predicted octanol–water partition coefficient (Wildman–Crippen LogP) is 30.9. The zero-order valence-electron chi connectivity index (χ0n) is 77.3. The Morgan fingerprint density at radius 2 is 0.936 bits per heavy atom. The number of hydrogen-bond donors (Lipinski definition) is 0. The maximum Gasteiger partial charge on any atom is 0.176 e. The first kappa shape index (κ1) is 113. The van der Waals surface area contributed by atoms with Gasteiger partial charge >= 0.3 is 0 Å². The van der Waals surface area contributed by atoms with Gasteiger partial charge in [-0.05, 0) is 203 Å². The van der Waals surface area contributed by atoms with Crippen molar-refractivity contribution in [2.75, 3.05) is 0 Å². The molecule has 8 heteroatoms. The van der Waals surface area contributed by atoms with Gasteiger partial charge in [0, 0.05) is 29.9 Å². The second-order valence-electron chi connectivity index (χ2n) is 29.1. The Morgan fingerprint density at radius 3 is 1.31 bits per heavy atom. The number of nitrogens with zero attached hydrogens (tertiary/aromatic N) is 4. The summed E-state index contributed by atoms with van der Waals surface area (Å²) < 4.78 is 15.7. The second kappa shape index (κ2) is 76.5. The molecule has 1 saturated carbocycles. The number of hydrogen-bond acceptors (Lipinski definition) is 8. The van der Waals surface area contributed by atoms with Crippen LogP contribution in [0.5, 0.6) is 5.75 Å². The molecule has 8 nitrogen and oxygen atoms in total. The average Bonchev–Trinajstić information content (AvgIpc) is 1.64. The highest BCUT2D eigenvalue weighted by Gasteiger charge is 2.49. The van der Waals surface area contributed by atoms with Gasteiger partial charge in [0.05, 0.1) is 36.4 Å². The first-order chi connectivity index (χ1) is 52.3. The van der Waals surface area contributed by atoms with Gasteiger partial charge in [0.25, 0.3) is 0 Å². The summed E-state index contributed by atoms with van der Waals surface area (Å²) in [4.78, 5) is 10.7. The average molecular weight is 1500 g/mol. The molecule has 1 fully saturated rings.